The molecule has 0 radical (unpaired) electrons. The van der Waals surface area contributed by atoms with Crippen molar-refractivity contribution >= 4 is 44.3 Å². The molecule has 0 aliphatic carbocycles. The molecule has 110 valence electrons. The van der Waals surface area contributed by atoms with E-state index in [0.29, 0.717) is 10.7 Å². The van der Waals surface area contributed by atoms with Gasteiger partial charge in [0.05, 0.1) is 15.4 Å². The van der Waals surface area contributed by atoms with E-state index < -0.39 is 11.4 Å². The molecule has 0 aliphatic rings. The Labute approximate surface area is 134 Å². The Morgan fingerprint density at radius 2 is 2.05 bits per heavy atom. The lowest BCUT2D eigenvalue weighted by Gasteiger charge is -2.24. The van der Waals surface area contributed by atoms with Crippen molar-refractivity contribution in [1.82, 2.24) is 4.98 Å². The second-order valence-corrected chi connectivity index (χ2v) is 7.11. The van der Waals surface area contributed by atoms with Crippen LogP contribution in [-0.4, -0.2) is 22.0 Å². The van der Waals surface area contributed by atoms with E-state index in [1.807, 2.05) is 0 Å². The zero-order valence-electron chi connectivity index (χ0n) is 11.2. The van der Waals surface area contributed by atoms with Gasteiger partial charge in [-0.15, -0.1) is 0 Å². The monoisotopic (exact) mass is 368 g/mol. The third kappa shape index (κ3) is 3.68. The molecule has 1 aromatic carbocycles. The Balaban J connectivity index is 2.17. The summed E-state index contributed by atoms with van der Waals surface area (Å²) in [6.07, 6.45) is 1.41. The van der Waals surface area contributed by atoms with E-state index in [1.54, 1.807) is 43.5 Å². The fourth-order valence-corrected chi connectivity index (χ4v) is 3.03. The minimum Gasteiger partial charge on any atom is -0.481 e. The minimum absolute atomic E-state index is 0.163. The van der Waals surface area contributed by atoms with Crippen LogP contribution in [0.15, 0.2) is 40.3 Å². The third-order valence-corrected chi connectivity index (χ3v) is 4.51. The number of carbonyl (C=O) groups is 2. The van der Waals surface area contributed by atoms with Gasteiger partial charge in [0.2, 0.25) is 5.91 Å². The highest BCUT2D eigenvalue weighted by Crippen LogP contribution is 2.29. The molecule has 1 unspecified atom stereocenters. The second kappa shape index (κ2) is 6.36. The lowest BCUT2D eigenvalue weighted by Crippen LogP contribution is -2.36. The fraction of sp³-hybridized carbons (Fsp3) is 0.214. The molecule has 5 nitrogen and oxygen atoms in total. The van der Waals surface area contributed by atoms with Crippen molar-refractivity contribution in [3.8, 4) is 0 Å². The highest BCUT2D eigenvalue weighted by atomic mass is 79.9. The largest absolute Gasteiger partial charge is 0.481 e. The van der Waals surface area contributed by atoms with Crippen LogP contribution in [0.25, 0.3) is 0 Å². The van der Waals surface area contributed by atoms with Gasteiger partial charge >= 0.3 is 5.97 Å². The van der Waals surface area contributed by atoms with E-state index >= 15 is 0 Å². The third-order valence-electron chi connectivity index (χ3n) is 3.12. The van der Waals surface area contributed by atoms with Crippen molar-refractivity contribution in [2.24, 2.45) is 0 Å². The maximum atomic E-state index is 12.1. The van der Waals surface area contributed by atoms with Crippen molar-refractivity contribution in [3.63, 3.8) is 0 Å². The van der Waals surface area contributed by atoms with Gasteiger partial charge in [-0.05, 0) is 28.4 Å². The molecule has 2 rings (SSSR count). The first-order chi connectivity index (χ1) is 9.91. The molecule has 7 heteroatoms. The molecule has 0 aliphatic heterocycles. The summed E-state index contributed by atoms with van der Waals surface area (Å²) in [5.74, 6) is -1.42. The Morgan fingerprint density at radius 3 is 2.57 bits per heavy atom. The number of carboxylic acids is 1. The van der Waals surface area contributed by atoms with Gasteiger partial charge in [-0.2, -0.15) is 0 Å². The van der Waals surface area contributed by atoms with Gasteiger partial charge in [0.15, 0.2) is 5.13 Å². The number of aliphatic carboxylic acids is 1. The summed E-state index contributed by atoms with van der Waals surface area (Å²) in [7, 11) is 0. The molecular formula is C14H13BrN2O3S. The van der Waals surface area contributed by atoms with Gasteiger partial charge in [0, 0.05) is 6.42 Å². The number of rotatable bonds is 5. The number of hydrogen-bond donors (Lipinski definition) is 2. The fourth-order valence-electron chi connectivity index (χ4n) is 1.90. The molecule has 2 N–H and O–H groups in total. The molecule has 1 amide bonds. The molecule has 0 bridgehead atoms. The van der Waals surface area contributed by atoms with Gasteiger partial charge in [0.1, 0.15) is 0 Å². The smallest absolute Gasteiger partial charge is 0.314 e. The predicted octanol–water partition coefficient (Wildman–Crippen LogP) is 3.28. The average Bonchev–Trinajstić information content (AvgIpc) is 2.84. The molecule has 1 aromatic heterocycles. The van der Waals surface area contributed by atoms with Crippen LogP contribution in [0.3, 0.4) is 0 Å². The summed E-state index contributed by atoms with van der Waals surface area (Å²) in [5.41, 5.74) is -0.687. The molecule has 1 heterocycles. The molecule has 0 fully saturated rings. The van der Waals surface area contributed by atoms with E-state index in [0.717, 1.165) is 3.79 Å². The maximum Gasteiger partial charge on any atom is 0.314 e. The second-order valence-electron chi connectivity index (χ2n) is 4.70. The SMILES string of the molecule is CC(CC(=O)Nc1ncc(Br)s1)(C(=O)O)c1ccccc1. The Kier molecular flexibility index (Phi) is 4.74. The van der Waals surface area contributed by atoms with Crippen LogP contribution >= 0.6 is 27.3 Å². The first-order valence-electron chi connectivity index (χ1n) is 6.12. The van der Waals surface area contributed by atoms with Gasteiger partial charge in [-0.25, -0.2) is 4.98 Å². The number of hydrogen-bond acceptors (Lipinski definition) is 4. The number of halogens is 1. The first-order valence-corrected chi connectivity index (χ1v) is 7.73. The number of nitrogens with zero attached hydrogens (tertiary/aromatic N) is 1. The number of aromatic nitrogens is 1. The predicted molar refractivity (Wildman–Crippen MR) is 84.5 cm³/mol. The number of nitrogens with one attached hydrogen (secondary N) is 1. The molecule has 2 aromatic rings. The number of carbonyl (C=O) groups excluding carboxylic acids is 1. The van der Waals surface area contributed by atoms with Crippen LogP contribution in [0.1, 0.15) is 18.9 Å². The van der Waals surface area contributed by atoms with Crippen LogP contribution in [0.4, 0.5) is 5.13 Å². The molecule has 0 saturated carbocycles. The van der Waals surface area contributed by atoms with Gasteiger partial charge < -0.3 is 10.4 Å². The zero-order valence-corrected chi connectivity index (χ0v) is 13.6. The Morgan fingerprint density at radius 1 is 1.38 bits per heavy atom. The van der Waals surface area contributed by atoms with Crippen LogP contribution < -0.4 is 5.32 Å². The topological polar surface area (TPSA) is 79.3 Å². The highest BCUT2D eigenvalue weighted by Gasteiger charge is 2.37. The van der Waals surface area contributed by atoms with Gasteiger partial charge in [-0.1, -0.05) is 41.7 Å². The summed E-state index contributed by atoms with van der Waals surface area (Å²) in [5, 5.41) is 12.6. The molecule has 0 saturated heterocycles. The van der Waals surface area contributed by atoms with Crippen molar-refractivity contribution in [1.29, 1.82) is 0 Å². The number of carboxylic acid groups (broad SMARTS) is 1. The number of amides is 1. The average molecular weight is 369 g/mol. The van der Waals surface area contributed by atoms with Crippen molar-refractivity contribution in [2.75, 3.05) is 5.32 Å². The van der Waals surface area contributed by atoms with Crippen LogP contribution in [0, 0.1) is 0 Å². The van der Waals surface area contributed by atoms with E-state index in [4.69, 9.17) is 0 Å². The standard InChI is InChI=1S/C14H13BrN2O3S/c1-14(12(19)20,9-5-3-2-4-6-9)7-11(18)17-13-16-8-10(15)21-13/h2-6,8H,7H2,1H3,(H,19,20)(H,16,17,18). The summed E-state index contributed by atoms with van der Waals surface area (Å²) in [6.45, 7) is 1.54. The number of thiazole rings is 1. The summed E-state index contributed by atoms with van der Waals surface area (Å²) in [4.78, 5) is 27.7. The quantitative estimate of drug-likeness (QED) is 0.848. The lowest BCUT2D eigenvalue weighted by atomic mass is 9.79. The van der Waals surface area contributed by atoms with Crippen molar-refractivity contribution in [2.45, 2.75) is 18.8 Å². The maximum absolute atomic E-state index is 12.1. The number of benzene rings is 1. The molecule has 21 heavy (non-hydrogen) atoms. The lowest BCUT2D eigenvalue weighted by molar-refractivity contribution is -0.145. The summed E-state index contributed by atoms with van der Waals surface area (Å²) < 4.78 is 0.793. The number of anilines is 1. The highest BCUT2D eigenvalue weighted by molar-refractivity contribution is 9.11. The Hall–Kier alpha value is -1.73. The van der Waals surface area contributed by atoms with E-state index in [9.17, 15) is 14.7 Å². The van der Waals surface area contributed by atoms with Crippen LogP contribution in [-0.2, 0) is 15.0 Å². The first kappa shape index (κ1) is 15.7. The summed E-state index contributed by atoms with van der Waals surface area (Å²) in [6, 6.07) is 8.74. The molecular weight excluding hydrogens is 356 g/mol. The van der Waals surface area contributed by atoms with Gasteiger partial charge in [-0.3, -0.25) is 9.59 Å². The molecule has 0 spiro atoms. The normalized spacial score (nSPS) is 13.4. The van der Waals surface area contributed by atoms with E-state index in [2.05, 4.69) is 26.2 Å². The van der Waals surface area contributed by atoms with Crippen molar-refractivity contribution < 1.29 is 14.7 Å². The van der Waals surface area contributed by atoms with E-state index in [-0.39, 0.29) is 12.3 Å². The van der Waals surface area contributed by atoms with Crippen LogP contribution in [0.2, 0.25) is 0 Å². The van der Waals surface area contributed by atoms with E-state index in [1.165, 1.54) is 11.3 Å². The van der Waals surface area contributed by atoms with Crippen LogP contribution in [0.5, 0.6) is 0 Å². The minimum atomic E-state index is -1.28. The molecule has 1 atom stereocenters. The Bertz CT molecular complexity index is 659. The van der Waals surface area contributed by atoms with Gasteiger partial charge in [0.25, 0.3) is 0 Å². The zero-order chi connectivity index (χ0) is 15.5. The van der Waals surface area contributed by atoms with Crippen molar-refractivity contribution in [3.05, 3.63) is 45.9 Å². The summed E-state index contributed by atoms with van der Waals surface area (Å²) >= 11 is 4.53.